The second-order valence-electron chi connectivity index (χ2n) is 6.82. The molecule has 7 heteroatoms. The third-order valence-corrected chi connectivity index (χ3v) is 4.88. The molecule has 0 aliphatic carbocycles. The highest BCUT2D eigenvalue weighted by Crippen LogP contribution is 2.20. The quantitative estimate of drug-likeness (QED) is 0.759. The Bertz CT molecular complexity index is 861. The molecule has 1 saturated heterocycles. The van der Waals surface area contributed by atoms with Gasteiger partial charge >= 0.3 is 5.97 Å². The Kier molecular flexibility index (Phi) is 6.84. The van der Waals surface area contributed by atoms with Gasteiger partial charge in [-0.25, -0.2) is 4.79 Å². The molecule has 0 unspecified atom stereocenters. The van der Waals surface area contributed by atoms with Gasteiger partial charge in [-0.2, -0.15) is 0 Å². The lowest BCUT2D eigenvalue weighted by Gasteiger charge is -2.31. The van der Waals surface area contributed by atoms with E-state index < -0.39 is 5.97 Å². The van der Waals surface area contributed by atoms with Gasteiger partial charge in [0.1, 0.15) is 5.75 Å². The standard InChI is InChI=1S/C22H24N2O5/c1-28-22(27)17-6-5-9-19(14-17)29-15-20(25)24-12-10-16(11-13-24)21(26)23-18-7-3-2-4-8-18/h2-9,14,16H,10-13,15H2,1H3,(H,23,26). The molecular formula is C22H24N2O5. The second-order valence-corrected chi connectivity index (χ2v) is 6.82. The van der Waals surface area contributed by atoms with Crippen molar-refractivity contribution in [2.75, 3.05) is 32.1 Å². The Morgan fingerprint density at radius 1 is 1.03 bits per heavy atom. The number of esters is 1. The van der Waals surface area contributed by atoms with Crippen LogP contribution in [0.15, 0.2) is 54.6 Å². The Morgan fingerprint density at radius 3 is 2.45 bits per heavy atom. The minimum Gasteiger partial charge on any atom is -0.484 e. The van der Waals surface area contributed by atoms with Crippen LogP contribution in [-0.4, -0.2) is 49.5 Å². The molecule has 1 fully saturated rings. The fraction of sp³-hybridized carbons (Fsp3) is 0.318. The van der Waals surface area contributed by atoms with E-state index in [0.717, 1.165) is 5.69 Å². The van der Waals surface area contributed by atoms with Crippen molar-refractivity contribution in [3.05, 3.63) is 60.2 Å². The number of hydrogen-bond acceptors (Lipinski definition) is 5. The summed E-state index contributed by atoms with van der Waals surface area (Å²) in [7, 11) is 1.31. The molecular weight excluding hydrogens is 372 g/mol. The van der Waals surface area contributed by atoms with Crippen LogP contribution in [0.4, 0.5) is 5.69 Å². The second kappa shape index (κ2) is 9.73. The number of amides is 2. The fourth-order valence-electron chi connectivity index (χ4n) is 3.22. The number of likely N-dealkylation sites (tertiary alicyclic amines) is 1. The first-order chi connectivity index (χ1) is 14.1. The number of rotatable bonds is 6. The lowest BCUT2D eigenvalue weighted by Crippen LogP contribution is -2.43. The van der Waals surface area contributed by atoms with Crippen LogP contribution in [0.1, 0.15) is 23.2 Å². The molecule has 1 N–H and O–H groups in total. The molecule has 2 amide bonds. The molecule has 3 rings (SSSR count). The summed E-state index contributed by atoms with van der Waals surface area (Å²) in [6.07, 6.45) is 1.23. The highest BCUT2D eigenvalue weighted by Gasteiger charge is 2.27. The van der Waals surface area contributed by atoms with E-state index in [9.17, 15) is 14.4 Å². The summed E-state index contributed by atoms with van der Waals surface area (Å²) in [5, 5.41) is 2.92. The zero-order valence-electron chi connectivity index (χ0n) is 16.3. The van der Waals surface area contributed by atoms with E-state index in [0.29, 0.717) is 37.2 Å². The van der Waals surface area contributed by atoms with Crippen molar-refractivity contribution < 1.29 is 23.9 Å². The van der Waals surface area contributed by atoms with Crippen LogP contribution in [-0.2, 0) is 14.3 Å². The Balaban J connectivity index is 1.45. The number of ether oxygens (including phenoxy) is 2. The summed E-state index contributed by atoms with van der Waals surface area (Å²) >= 11 is 0. The summed E-state index contributed by atoms with van der Waals surface area (Å²) in [4.78, 5) is 38.1. The number of para-hydroxylation sites is 1. The average Bonchev–Trinajstić information content (AvgIpc) is 2.78. The number of nitrogens with zero attached hydrogens (tertiary/aromatic N) is 1. The monoisotopic (exact) mass is 396 g/mol. The molecule has 0 spiro atoms. The lowest BCUT2D eigenvalue weighted by atomic mass is 9.95. The van der Waals surface area contributed by atoms with Crippen LogP contribution in [0, 0.1) is 5.92 Å². The zero-order valence-corrected chi connectivity index (χ0v) is 16.3. The Labute approximate surface area is 169 Å². The summed E-state index contributed by atoms with van der Waals surface area (Å²) in [5.74, 6) is -0.303. The minimum atomic E-state index is -0.461. The summed E-state index contributed by atoms with van der Waals surface area (Å²) in [6, 6.07) is 15.9. The number of carbonyl (C=O) groups excluding carboxylic acids is 3. The van der Waals surface area contributed by atoms with Gasteiger partial charge in [-0.05, 0) is 43.2 Å². The average molecular weight is 396 g/mol. The van der Waals surface area contributed by atoms with Crippen molar-refractivity contribution in [2.24, 2.45) is 5.92 Å². The molecule has 1 aliphatic rings. The molecule has 2 aromatic rings. The van der Waals surface area contributed by atoms with Gasteiger partial charge in [0, 0.05) is 24.7 Å². The third-order valence-electron chi connectivity index (χ3n) is 4.88. The van der Waals surface area contributed by atoms with E-state index in [1.165, 1.54) is 7.11 Å². The van der Waals surface area contributed by atoms with E-state index >= 15 is 0 Å². The van der Waals surface area contributed by atoms with Crippen molar-refractivity contribution >= 4 is 23.5 Å². The number of hydrogen-bond donors (Lipinski definition) is 1. The molecule has 1 aliphatic heterocycles. The van der Waals surface area contributed by atoms with E-state index in [-0.39, 0.29) is 24.3 Å². The van der Waals surface area contributed by atoms with Gasteiger partial charge < -0.3 is 19.7 Å². The van der Waals surface area contributed by atoms with Crippen LogP contribution in [0.2, 0.25) is 0 Å². The minimum absolute atomic E-state index is 0.0147. The zero-order chi connectivity index (χ0) is 20.6. The molecule has 0 radical (unpaired) electrons. The number of methoxy groups -OCH3 is 1. The molecule has 0 saturated carbocycles. The topological polar surface area (TPSA) is 84.9 Å². The van der Waals surface area contributed by atoms with Crippen LogP contribution in [0.5, 0.6) is 5.75 Å². The molecule has 0 bridgehead atoms. The van der Waals surface area contributed by atoms with Crippen LogP contribution < -0.4 is 10.1 Å². The fourth-order valence-corrected chi connectivity index (χ4v) is 3.22. The predicted octanol–water partition coefficient (Wildman–Crippen LogP) is 2.73. The summed E-state index contributed by atoms with van der Waals surface area (Å²) < 4.78 is 10.2. The molecule has 0 atom stereocenters. The van der Waals surface area contributed by atoms with Gasteiger partial charge in [-0.15, -0.1) is 0 Å². The van der Waals surface area contributed by atoms with Crippen LogP contribution in [0.25, 0.3) is 0 Å². The third kappa shape index (κ3) is 5.57. The molecule has 0 aromatic heterocycles. The van der Waals surface area contributed by atoms with Crippen molar-refractivity contribution in [1.82, 2.24) is 4.90 Å². The molecule has 2 aromatic carbocycles. The summed E-state index contributed by atoms with van der Waals surface area (Å²) in [5.41, 5.74) is 1.14. The van der Waals surface area contributed by atoms with Crippen molar-refractivity contribution in [1.29, 1.82) is 0 Å². The van der Waals surface area contributed by atoms with E-state index in [4.69, 9.17) is 4.74 Å². The van der Waals surface area contributed by atoms with E-state index in [1.54, 1.807) is 29.2 Å². The SMILES string of the molecule is COC(=O)c1cccc(OCC(=O)N2CCC(C(=O)Nc3ccccc3)CC2)c1. The molecule has 152 valence electrons. The van der Waals surface area contributed by atoms with Crippen molar-refractivity contribution in [3.8, 4) is 5.75 Å². The maximum absolute atomic E-state index is 12.4. The van der Waals surface area contributed by atoms with Crippen LogP contribution in [0.3, 0.4) is 0 Å². The Morgan fingerprint density at radius 2 is 1.76 bits per heavy atom. The number of anilines is 1. The van der Waals surface area contributed by atoms with Gasteiger partial charge in [-0.3, -0.25) is 9.59 Å². The molecule has 7 nitrogen and oxygen atoms in total. The Hall–Kier alpha value is -3.35. The highest BCUT2D eigenvalue weighted by atomic mass is 16.5. The number of nitrogens with one attached hydrogen (secondary N) is 1. The first-order valence-corrected chi connectivity index (χ1v) is 9.51. The van der Waals surface area contributed by atoms with Crippen molar-refractivity contribution in [2.45, 2.75) is 12.8 Å². The largest absolute Gasteiger partial charge is 0.484 e. The smallest absolute Gasteiger partial charge is 0.337 e. The maximum Gasteiger partial charge on any atom is 0.337 e. The van der Waals surface area contributed by atoms with Crippen LogP contribution >= 0.6 is 0 Å². The van der Waals surface area contributed by atoms with Gasteiger partial charge in [0.05, 0.1) is 12.7 Å². The first kappa shape index (κ1) is 20.4. The van der Waals surface area contributed by atoms with Gasteiger partial charge in [-0.1, -0.05) is 24.3 Å². The summed E-state index contributed by atoms with van der Waals surface area (Å²) in [6.45, 7) is 0.903. The lowest BCUT2D eigenvalue weighted by molar-refractivity contribution is -0.136. The first-order valence-electron chi connectivity index (χ1n) is 9.51. The maximum atomic E-state index is 12.4. The van der Waals surface area contributed by atoms with Crippen molar-refractivity contribution in [3.63, 3.8) is 0 Å². The molecule has 1 heterocycles. The highest BCUT2D eigenvalue weighted by molar-refractivity contribution is 5.92. The normalized spacial score (nSPS) is 14.2. The number of carbonyl (C=O) groups is 3. The number of piperidine rings is 1. The van der Waals surface area contributed by atoms with E-state index in [2.05, 4.69) is 10.1 Å². The molecule has 29 heavy (non-hydrogen) atoms. The van der Waals surface area contributed by atoms with Gasteiger partial charge in [0.25, 0.3) is 5.91 Å². The predicted molar refractivity (Wildman–Crippen MR) is 108 cm³/mol. The van der Waals surface area contributed by atoms with Gasteiger partial charge in [0.15, 0.2) is 6.61 Å². The van der Waals surface area contributed by atoms with Gasteiger partial charge in [0.2, 0.25) is 5.91 Å². The number of benzene rings is 2. The van der Waals surface area contributed by atoms with E-state index in [1.807, 2.05) is 30.3 Å².